The Bertz CT molecular complexity index is 917. The molecule has 0 atom stereocenters. The maximum absolute atomic E-state index is 2.76. The van der Waals surface area contributed by atoms with Crippen LogP contribution in [0.2, 0.25) is 72.5 Å². The van der Waals surface area contributed by atoms with Crippen LogP contribution in [0.15, 0.2) is 42.4 Å². The van der Waals surface area contributed by atoms with E-state index >= 15 is 0 Å². The van der Waals surface area contributed by atoms with Crippen molar-refractivity contribution in [2.24, 2.45) is 11.8 Å². The molecule has 40 heavy (non-hydrogen) atoms. The van der Waals surface area contributed by atoms with Gasteiger partial charge < -0.3 is 0 Å². The van der Waals surface area contributed by atoms with Crippen LogP contribution in [0.25, 0.3) is 0 Å². The molecule has 0 radical (unpaired) electrons. The van der Waals surface area contributed by atoms with Crippen molar-refractivity contribution in [3.8, 4) is 0 Å². The second-order valence-electron chi connectivity index (χ2n) is 19.0. The van der Waals surface area contributed by atoms with Crippen molar-refractivity contribution < 1.29 is 0 Å². The van der Waals surface area contributed by atoms with Crippen LogP contribution in [-0.4, -0.2) is 32.3 Å². The van der Waals surface area contributed by atoms with Crippen molar-refractivity contribution in [3.05, 3.63) is 42.4 Å². The highest BCUT2D eigenvalue weighted by molar-refractivity contribution is 8.11. The largest absolute Gasteiger partial charge is 0.109 e. The quantitative estimate of drug-likeness (QED) is 0.272. The molecule has 0 aromatic carbocycles. The molecule has 0 amide bonds. The first-order valence-corrected chi connectivity index (χ1v) is 29.3. The first-order valence-electron chi connectivity index (χ1n) is 15.6. The molecule has 0 spiro atoms. The Morgan fingerprint density at radius 1 is 0.375 bits per heavy atom. The maximum Gasteiger partial charge on any atom is 0.0941 e. The fourth-order valence-electron chi connectivity index (χ4n) is 4.43. The molecule has 0 unspecified atom stereocenters. The standard InChI is InChI=1S/C34H66S2Si4/c1-31(2,3)37(13,14)27-21-25(22-28(35-27)38(15,16)32(4,5)6)26-23-29(39(17,18)33(7,8)9)36-30(24-26)40(19,20)34(10,11)12/h21-26H,1-20H3. The van der Waals surface area contributed by atoms with Crippen LogP contribution >= 0.6 is 23.5 Å². The molecule has 0 bridgehead atoms. The van der Waals surface area contributed by atoms with Gasteiger partial charge in [-0.05, 0) is 38.3 Å². The summed E-state index contributed by atoms with van der Waals surface area (Å²) >= 11 is 4.41. The number of allylic oxidation sites excluding steroid dienone is 4. The van der Waals surface area contributed by atoms with Crippen LogP contribution in [0.5, 0.6) is 0 Å². The summed E-state index contributed by atoms with van der Waals surface area (Å²) in [5, 5.41) is 1.33. The normalized spacial score (nSPS) is 20.2. The van der Waals surface area contributed by atoms with Crippen molar-refractivity contribution >= 4 is 55.8 Å². The zero-order valence-corrected chi connectivity index (χ0v) is 35.9. The summed E-state index contributed by atoms with van der Waals surface area (Å²) in [5.74, 6) is 0.907. The van der Waals surface area contributed by atoms with Gasteiger partial charge in [-0.1, -0.05) is 160 Å². The summed E-state index contributed by atoms with van der Waals surface area (Å²) < 4.78 is 6.93. The first-order chi connectivity index (χ1) is 17.4. The van der Waals surface area contributed by atoms with Crippen LogP contribution in [0, 0.1) is 11.8 Å². The zero-order chi connectivity index (χ0) is 31.7. The Morgan fingerprint density at radius 2 is 0.525 bits per heavy atom. The van der Waals surface area contributed by atoms with Gasteiger partial charge in [0, 0.05) is 11.8 Å². The fourth-order valence-corrected chi connectivity index (χ4v) is 20.9. The Morgan fingerprint density at radius 3 is 0.650 bits per heavy atom. The molecule has 6 heteroatoms. The van der Waals surface area contributed by atoms with Crippen molar-refractivity contribution in [3.63, 3.8) is 0 Å². The molecule has 0 saturated carbocycles. The summed E-state index contributed by atoms with van der Waals surface area (Å²) in [7, 11) is -6.72. The van der Waals surface area contributed by atoms with Gasteiger partial charge in [0.25, 0.3) is 0 Å². The molecule has 0 fully saturated rings. The Hall–Kier alpha value is 0.528. The third-order valence-corrected chi connectivity index (χ3v) is 41.6. The second kappa shape index (κ2) is 11.2. The minimum Gasteiger partial charge on any atom is -0.109 e. The van der Waals surface area contributed by atoms with Crippen molar-refractivity contribution in [1.29, 1.82) is 0 Å². The highest BCUT2D eigenvalue weighted by Gasteiger charge is 2.48. The van der Waals surface area contributed by atoms with E-state index < -0.39 is 32.3 Å². The lowest BCUT2D eigenvalue weighted by Gasteiger charge is -2.47. The Balaban J connectivity index is 2.89. The van der Waals surface area contributed by atoms with E-state index in [0.29, 0.717) is 32.0 Å². The first kappa shape index (κ1) is 36.7. The number of thioether (sulfide) groups is 2. The minimum atomic E-state index is -1.68. The van der Waals surface area contributed by atoms with Gasteiger partial charge in [-0.3, -0.25) is 0 Å². The average molecular weight is 651 g/mol. The fraction of sp³-hybridized carbons (Fsp3) is 0.765. The van der Waals surface area contributed by atoms with Gasteiger partial charge in [0.15, 0.2) is 0 Å². The maximum atomic E-state index is 2.76. The van der Waals surface area contributed by atoms with E-state index in [0.717, 1.165) is 0 Å². The predicted octanol–water partition coefficient (Wildman–Crippen LogP) is 13.4. The number of hydrogen-bond donors (Lipinski definition) is 0. The molecule has 2 heterocycles. The average Bonchev–Trinajstić information content (AvgIpc) is 2.75. The van der Waals surface area contributed by atoms with E-state index in [1.165, 1.54) is 0 Å². The van der Waals surface area contributed by atoms with E-state index in [-0.39, 0.29) is 0 Å². The summed E-state index contributed by atoms with van der Waals surface area (Å²) in [4.78, 5) is 0. The Kier molecular flexibility index (Phi) is 10.2. The summed E-state index contributed by atoms with van der Waals surface area (Å²) in [6.07, 6.45) is 11.1. The van der Waals surface area contributed by atoms with Gasteiger partial charge in [0.05, 0.1) is 32.3 Å². The van der Waals surface area contributed by atoms with Crippen LogP contribution in [0.4, 0.5) is 0 Å². The lowest BCUT2D eigenvalue weighted by Crippen LogP contribution is -2.44. The topological polar surface area (TPSA) is 0 Å². The zero-order valence-electron chi connectivity index (χ0n) is 30.3. The van der Waals surface area contributed by atoms with Crippen LogP contribution in [0.3, 0.4) is 0 Å². The van der Waals surface area contributed by atoms with E-state index in [2.05, 4.69) is 183 Å². The lowest BCUT2D eigenvalue weighted by molar-refractivity contribution is 0.663. The summed E-state index contributed by atoms with van der Waals surface area (Å²) in [6.45, 7) is 50.9. The smallest absolute Gasteiger partial charge is 0.0941 e. The van der Waals surface area contributed by atoms with E-state index in [1.54, 1.807) is 18.1 Å². The summed E-state index contributed by atoms with van der Waals surface area (Å²) in [5.41, 5.74) is 0. The molecular formula is C34H66S2Si4. The molecule has 0 aliphatic carbocycles. The van der Waals surface area contributed by atoms with Crippen LogP contribution in [0.1, 0.15) is 83.1 Å². The summed E-state index contributed by atoms with van der Waals surface area (Å²) in [6, 6.07) is 0. The van der Waals surface area contributed by atoms with Crippen molar-refractivity contribution in [2.75, 3.05) is 0 Å². The predicted molar refractivity (Wildman–Crippen MR) is 203 cm³/mol. The SMILES string of the molecule is CC(C)(C)[Si](C)(C)C1=CC(C2C=C([Si](C)(C)C(C)(C)C)SC([Si](C)(C)C(C)(C)C)=C2)C=C([Si](C)(C)C(C)(C)C)S1. The number of rotatable bonds is 5. The molecular weight excluding hydrogens is 585 g/mol. The molecule has 0 aromatic rings. The van der Waals surface area contributed by atoms with E-state index in [1.807, 2.05) is 0 Å². The molecule has 0 N–H and O–H groups in total. The van der Waals surface area contributed by atoms with E-state index in [9.17, 15) is 0 Å². The van der Waals surface area contributed by atoms with Crippen molar-refractivity contribution in [1.82, 2.24) is 0 Å². The molecule has 0 aromatic heterocycles. The molecule has 2 aliphatic rings. The van der Waals surface area contributed by atoms with Crippen LogP contribution < -0.4 is 0 Å². The minimum absolute atomic E-state index is 0.332. The number of hydrogen-bond acceptors (Lipinski definition) is 2. The lowest BCUT2D eigenvalue weighted by atomic mass is 9.92. The third-order valence-electron chi connectivity index (χ3n) is 12.2. The Labute approximate surface area is 264 Å². The van der Waals surface area contributed by atoms with Crippen molar-refractivity contribution in [2.45, 2.75) is 156 Å². The van der Waals surface area contributed by atoms with Gasteiger partial charge in [0.1, 0.15) is 0 Å². The third kappa shape index (κ3) is 6.92. The highest BCUT2D eigenvalue weighted by Crippen LogP contribution is 2.57. The monoisotopic (exact) mass is 650 g/mol. The van der Waals surface area contributed by atoms with Gasteiger partial charge in [-0.25, -0.2) is 0 Å². The molecule has 0 nitrogen and oxygen atoms in total. The molecule has 230 valence electrons. The van der Waals surface area contributed by atoms with Gasteiger partial charge in [-0.15, -0.1) is 23.5 Å². The molecule has 0 saturated heterocycles. The van der Waals surface area contributed by atoms with Gasteiger partial charge >= 0.3 is 0 Å². The second-order valence-corrected chi connectivity index (χ2v) is 43.8. The molecule has 2 aliphatic heterocycles. The molecule has 2 rings (SSSR count). The van der Waals surface area contributed by atoms with Gasteiger partial charge in [-0.2, -0.15) is 0 Å². The van der Waals surface area contributed by atoms with Gasteiger partial charge in [0.2, 0.25) is 0 Å². The van der Waals surface area contributed by atoms with Crippen LogP contribution in [-0.2, 0) is 0 Å². The van der Waals surface area contributed by atoms with E-state index in [4.69, 9.17) is 0 Å². The highest BCUT2D eigenvalue weighted by atomic mass is 32.2.